The van der Waals surface area contributed by atoms with Crippen LogP contribution in [0.5, 0.6) is 0 Å². The molecule has 0 saturated carbocycles. The summed E-state index contributed by atoms with van der Waals surface area (Å²) in [7, 11) is 0. The third-order valence-electron chi connectivity index (χ3n) is 7.07. The van der Waals surface area contributed by atoms with Crippen molar-refractivity contribution in [1.82, 2.24) is 0 Å². The Hall–Kier alpha value is -5.14. The van der Waals surface area contributed by atoms with Crippen molar-refractivity contribution in [3.8, 4) is 33.4 Å². The van der Waals surface area contributed by atoms with Crippen molar-refractivity contribution in [2.75, 3.05) is 0 Å². The van der Waals surface area contributed by atoms with Crippen molar-refractivity contribution < 1.29 is 19.5 Å². The standard InChI is InChI=1S/C38H24O/c1-3-12-25(13-4-1)27-22-23-32-35(24-27)39-34-21-11-20-33(38(32)34)37-30-18-9-7-16-28(30)36(26-14-5-2-6-15-26)29-17-8-10-19-31(29)37/h1-24H/i1D,3D,4D,11D,12D,13D,20D,21D,22D,23D,24D. The highest BCUT2D eigenvalue weighted by molar-refractivity contribution is 6.25. The molecule has 1 heterocycles. The molecule has 0 unspecified atom stereocenters. The molecule has 1 heteroatoms. The van der Waals surface area contributed by atoms with Crippen LogP contribution in [0.3, 0.4) is 0 Å². The van der Waals surface area contributed by atoms with Crippen molar-refractivity contribution >= 4 is 43.5 Å². The van der Waals surface area contributed by atoms with E-state index in [0.29, 0.717) is 5.56 Å². The summed E-state index contributed by atoms with van der Waals surface area (Å²) in [6, 6.07) is 19.4. The summed E-state index contributed by atoms with van der Waals surface area (Å²) in [5.74, 6) is 0. The molecule has 0 spiro atoms. The summed E-state index contributed by atoms with van der Waals surface area (Å²) in [4.78, 5) is 0. The largest absolute Gasteiger partial charge is 0.456 e. The Labute approximate surface area is 242 Å². The number of furan rings is 1. The van der Waals surface area contributed by atoms with Crippen LogP contribution in [0, 0.1) is 0 Å². The van der Waals surface area contributed by atoms with E-state index in [0.717, 1.165) is 32.7 Å². The maximum absolute atomic E-state index is 9.30. The van der Waals surface area contributed by atoms with Crippen molar-refractivity contribution in [2.24, 2.45) is 0 Å². The van der Waals surface area contributed by atoms with Gasteiger partial charge in [0.05, 0.1) is 15.1 Å². The van der Waals surface area contributed by atoms with Crippen LogP contribution in [0.1, 0.15) is 15.1 Å². The smallest absolute Gasteiger partial charge is 0.136 e. The maximum Gasteiger partial charge on any atom is 0.136 e. The minimum atomic E-state index is -0.651. The molecule has 1 nitrogen and oxygen atoms in total. The molecule has 0 fully saturated rings. The first-order chi connectivity index (χ1) is 24.0. The average molecular weight is 508 g/mol. The van der Waals surface area contributed by atoms with E-state index < -0.39 is 66.0 Å². The molecular formula is C38H24O. The Kier molecular flexibility index (Phi) is 3.04. The molecular weight excluding hydrogens is 472 g/mol. The summed E-state index contributed by atoms with van der Waals surface area (Å²) >= 11 is 0. The summed E-state index contributed by atoms with van der Waals surface area (Å²) in [5, 5.41) is 3.30. The molecule has 39 heavy (non-hydrogen) atoms. The Balaban J connectivity index is 1.58. The predicted octanol–water partition coefficient (Wildman–Crippen LogP) is 10.9. The lowest BCUT2D eigenvalue weighted by Gasteiger charge is -2.18. The van der Waals surface area contributed by atoms with E-state index in [1.54, 1.807) is 0 Å². The molecule has 0 bridgehead atoms. The Morgan fingerprint density at radius 3 is 1.77 bits per heavy atom. The van der Waals surface area contributed by atoms with E-state index in [1.165, 1.54) is 0 Å². The number of benzene rings is 7. The minimum absolute atomic E-state index is 0.0385. The molecule has 0 atom stereocenters. The quantitative estimate of drug-likeness (QED) is 0.217. The second-order valence-electron chi connectivity index (χ2n) is 9.22. The zero-order chi connectivity index (χ0) is 35.3. The van der Waals surface area contributed by atoms with Gasteiger partial charge in [0.1, 0.15) is 11.2 Å². The van der Waals surface area contributed by atoms with Gasteiger partial charge in [0, 0.05) is 10.8 Å². The van der Waals surface area contributed by atoms with Gasteiger partial charge in [0.15, 0.2) is 0 Å². The SMILES string of the molecule is [2H]c1c([2H])c([2H])c(-c2c([2H])c([2H])c3c(oc4c([2H])c([2H])c([2H])c(-c5c6ccccc6c(-c6ccccc6)c6ccccc56)c43)c2[2H])c([2H])c1[2H]. The molecule has 0 N–H and O–H groups in total. The third kappa shape index (κ3) is 3.41. The molecule has 182 valence electrons. The highest BCUT2D eigenvalue weighted by atomic mass is 16.3. The lowest BCUT2D eigenvalue weighted by atomic mass is 9.85. The van der Waals surface area contributed by atoms with Gasteiger partial charge in [-0.3, -0.25) is 0 Å². The van der Waals surface area contributed by atoms with Crippen LogP contribution in [0.15, 0.2) is 150 Å². The molecule has 0 saturated heterocycles. The van der Waals surface area contributed by atoms with Gasteiger partial charge in [-0.05, 0) is 73.1 Å². The summed E-state index contributed by atoms with van der Waals surface area (Å²) in [6.45, 7) is 0. The first kappa shape index (κ1) is 13.6. The fraction of sp³-hybridized carbons (Fsp3) is 0. The van der Waals surface area contributed by atoms with Gasteiger partial charge in [-0.25, -0.2) is 0 Å². The normalized spacial score (nSPS) is 15.5. The minimum Gasteiger partial charge on any atom is -0.456 e. The molecule has 0 radical (unpaired) electrons. The van der Waals surface area contributed by atoms with Crippen LogP contribution < -0.4 is 0 Å². The Morgan fingerprint density at radius 1 is 0.436 bits per heavy atom. The topological polar surface area (TPSA) is 13.1 Å². The molecule has 0 aliphatic carbocycles. The van der Waals surface area contributed by atoms with Crippen molar-refractivity contribution in [3.05, 3.63) is 145 Å². The lowest BCUT2D eigenvalue weighted by Crippen LogP contribution is -1.91. The lowest BCUT2D eigenvalue weighted by molar-refractivity contribution is 0.669. The molecule has 8 rings (SSSR count). The molecule has 7 aromatic carbocycles. The molecule has 0 amide bonds. The van der Waals surface area contributed by atoms with Gasteiger partial charge in [-0.15, -0.1) is 0 Å². The zero-order valence-electron chi connectivity index (χ0n) is 31.4. The Bertz CT molecular complexity index is 2680. The number of fused-ring (bicyclic) bond motifs is 5. The molecule has 0 aliphatic heterocycles. The first-order valence-electron chi connectivity index (χ1n) is 18.0. The second-order valence-corrected chi connectivity index (χ2v) is 9.22. The third-order valence-corrected chi connectivity index (χ3v) is 7.07. The van der Waals surface area contributed by atoms with E-state index >= 15 is 0 Å². The van der Waals surface area contributed by atoms with Crippen LogP contribution in [-0.2, 0) is 0 Å². The second kappa shape index (κ2) is 8.72. The van der Waals surface area contributed by atoms with Gasteiger partial charge in [0.25, 0.3) is 0 Å². The van der Waals surface area contributed by atoms with Crippen molar-refractivity contribution in [3.63, 3.8) is 0 Å². The molecule has 8 aromatic rings. The maximum atomic E-state index is 9.30. The summed E-state index contributed by atoms with van der Waals surface area (Å²) in [6.07, 6.45) is 0. The summed E-state index contributed by atoms with van der Waals surface area (Å²) in [5.41, 5.74) is 1.51. The molecule has 1 aromatic heterocycles. The van der Waals surface area contributed by atoms with E-state index in [2.05, 4.69) is 0 Å². The highest BCUT2D eigenvalue weighted by Gasteiger charge is 2.20. The van der Waals surface area contributed by atoms with Gasteiger partial charge < -0.3 is 4.42 Å². The van der Waals surface area contributed by atoms with E-state index in [1.807, 2.05) is 78.9 Å². The van der Waals surface area contributed by atoms with Crippen molar-refractivity contribution in [1.29, 1.82) is 0 Å². The summed E-state index contributed by atoms with van der Waals surface area (Å²) < 4.78 is 102. The van der Waals surface area contributed by atoms with E-state index in [-0.39, 0.29) is 39.1 Å². The average Bonchev–Trinajstić information content (AvgIpc) is 3.53. The van der Waals surface area contributed by atoms with E-state index in [4.69, 9.17) is 15.4 Å². The van der Waals surface area contributed by atoms with Gasteiger partial charge in [0.2, 0.25) is 0 Å². The number of hydrogen-bond acceptors (Lipinski definition) is 1. The van der Waals surface area contributed by atoms with Gasteiger partial charge >= 0.3 is 0 Å². The first-order valence-corrected chi connectivity index (χ1v) is 12.5. The fourth-order valence-electron chi connectivity index (χ4n) is 5.45. The highest BCUT2D eigenvalue weighted by Crippen LogP contribution is 2.46. The predicted molar refractivity (Wildman–Crippen MR) is 165 cm³/mol. The van der Waals surface area contributed by atoms with Crippen LogP contribution in [0.25, 0.3) is 76.9 Å². The van der Waals surface area contributed by atoms with Crippen LogP contribution >= 0.6 is 0 Å². The van der Waals surface area contributed by atoms with Crippen LogP contribution in [-0.4, -0.2) is 0 Å². The van der Waals surface area contributed by atoms with Crippen LogP contribution in [0.4, 0.5) is 0 Å². The Morgan fingerprint density at radius 2 is 1.08 bits per heavy atom. The molecule has 0 aliphatic rings. The fourth-order valence-corrected chi connectivity index (χ4v) is 5.45. The van der Waals surface area contributed by atoms with Crippen LogP contribution in [0.2, 0.25) is 0 Å². The zero-order valence-corrected chi connectivity index (χ0v) is 20.4. The van der Waals surface area contributed by atoms with E-state index in [9.17, 15) is 4.11 Å². The number of rotatable bonds is 3. The number of hydrogen-bond donors (Lipinski definition) is 0. The van der Waals surface area contributed by atoms with Gasteiger partial charge in [-0.2, -0.15) is 0 Å². The monoisotopic (exact) mass is 507 g/mol. The van der Waals surface area contributed by atoms with Crippen molar-refractivity contribution in [2.45, 2.75) is 0 Å². The van der Waals surface area contributed by atoms with Gasteiger partial charge in [-0.1, -0.05) is 127 Å².